The average Bonchev–Trinajstić information content (AvgIpc) is 2.40. The van der Waals surface area contributed by atoms with Crippen molar-refractivity contribution in [1.82, 2.24) is 10.6 Å². The fourth-order valence-electron chi connectivity index (χ4n) is 1.60. The molecule has 0 aromatic heterocycles. The zero-order chi connectivity index (χ0) is 13.2. The van der Waals surface area contributed by atoms with E-state index in [1.807, 2.05) is 25.1 Å². The first kappa shape index (κ1) is 14.7. The fourth-order valence-corrected chi connectivity index (χ4v) is 1.60. The molecular weight excluding hydrogens is 228 g/mol. The molecule has 0 radical (unpaired) electrons. The topological polar surface area (TPSA) is 50.4 Å². The first-order chi connectivity index (χ1) is 8.74. The first-order valence-corrected chi connectivity index (χ1v) is 6.28. The van der Waals surface area contributed by atoms with E-state index < -0.39 is 0 Å². The summed E-state index contributed by atoms with van der Waals surface area (Å²) in [7, 11) is 1.62. The molecule has 0 fully saturated rings. The summed E-state index contributed by atoms with van der Waals surface area (Å²) < 4.78 is 4.88. The van der Waals surface area contributed by atoms with Gasteiger partial charge in [0.2, 0.25) is 5.91 Å². The Morgan fingerprint density at radius 2 is 2.00 bits per heavy atom. The van der Waals surface area contributed by atoms with Crippen LogP contribution in [-0.4, -0.2) is 38.8 Å². The van der Waals surface area contributed by atoms with Gasteiger partial charge < -0.3 is 15.4 Å². The van der Waals surface area contributed by atoms with E-state index in [1.54, 1.807) is 7.11 Å². The molecule has 2 N–H and O–H groups in total. The van der Waals surface area contributed by atoms with Crippen LogP contribution in [0, 0.1) is 0 Å². The third-order valence-corrected chi connectivity index (χ3v) is 2.71. The lowest BCUT2D eigenvalue weighted by molar-refractivity contribution is -0.122. The highest BCUT2D eigenvalue weighted by atomic mass is 16.5. The van der Waals surface area contributed by atoms with Gasteiger partial charge in [-0.15, -0.1) is 0 Å². The molecular formula is C14H22N2O2. The summed E-state index contributed by atoms with van der Waals surface area (Å²) in [6.07, 6.45) is 0.927. The molecule has 1 rings (SSSR count). The van der Waals surface area contributed by atoms with Gasteiger partial charge in [-0.25, -0.2) is 0 Å². The Labute approximate surface area is 109 Å². The van der Waals surface area contributed by atoms with Crippen LogP contribution >= 0.6 is 0 Å². The maximum absolute atomic E-state index is 11.6. The normalized spacial score (nSPS) is 12.1. The number of hydrogen-bond acceptors (Lipinski definition) is 3. The lowest BCUT2D eigenvalue weighted by Crippen LogP contribution is -2.43. The maximum Gasteiger partial charge on any atom is 0.236 e. The molecule has 0 aliphatic heterocycles. The predicted molar refractivity (Wildman–Crippen MR) is 72.5 cm³/mol. The van der Waals surface area contributed by atoms with Gasteiger partial charge in [-0.3, -0.25) is 4.79 Å². The van der Waals surface area contributed by atoms with E-state index in [0.29, 0.717) is 13.2 Å². The summed E-state index contributed by atoms with van der Waals surface area (Å²) in [6, 6.07) is 10.1. The number of carbonyl (C=O) groups excluding carboxylic acids is 1. The van der Waals surface area contributed by atoms with Crippen molar-refractivity contribution in [3.8, 4) is 0 Å². The van der Waals surface area contributed by atoms with E-state index in [9.17, 15) is 4.79 Å². The number of ether oxygens (including phenoxy) is 1. The molecule has 1 atom stereocenters. The Balaban J connectivity index is 2.16. The number of methoxy groups -OCH3 is 1. The summed E-state index contributed by atoms with van der Waals surface area (Å²) >= 11 is 0. The van der Waals surface area contributed by atoms with Gasteiger partial charge in [0.1, 0.15) is 0 Å². The van der Waals surface area contributed by atoms with Gasteiger partial charge in [0.05, 0.1) is 12.6 Å². The maximum atomic E-state index is 11.6. The van der Waals surface area contributed by atoms with Gasteiger partial charge in [-0.2, -0.15) is 0 Å². The molecule has 0 aliphatic rings. The molecule has 0 spiro atoms. The van der Waals surface area contributed by atoms with E-state index in [2.05, 4.69) is 22.8 Å². The zero-order valence-electron chi connectivity index (χ0n) is 11.1. The Kier molecular flexibility index (Phi) is 7.06. The molecule has 0 aliphatic carbocycles. The standard InChI is InChI=1S/C14H22N2O2/c1-12(14(17)16-10-11-18-2)15-9-8-13-6-4-3-5-7-13/h3-7,12,15H,8-11H2,1-2H3,(H,16,17). The minimum Gasteiger partial charge on any atom is -0.383 e. The fraction of sp³-hybridized carbons (Fsp3) is 0.500. The largest absolute Gasteiger partial charge is 0.383 e. The first-order valence-electron chi connectivity index (χ1n) is 6.28. The number of hydrogen-bond donors (Lipinski definition) is 2. The van der Waals surface area contributed by atoms with Crippen LogP contribution in [0.2, 0.25) is 0 Å². The van der Waals surface area contributed by atoms with Crippen LogP contribution in [0.4, 0.5) is 0 Å². The van der Waals surface area contributed by atoms with Crippen LogP contribution in [0.3, 0.4) is 0 Å². The van der Waals surface area contributed by atoms with Crippen molar-refractivity contribution in [3.05, 3.63) is 35.9 Å². The molecule has 0 saturated carbocycles. The smallest absolute Gasteiger partial charge is 0.236 e. The van der Waals surface area contributed by atoms with Crippen LogP contribution in [0.25, 0.3) is 0 Å². The number of carbonyl (C=O) groups is 1. The van der Waals surface area contributed by atoms with Gasteiger partial charge in [0.25, 0.3) is 0 Å². The Hall–Kier alpha value is -1.39. The van der Waals surface area contributed by atoms with Crippen LogP contribution in [0.5, 0.6) is 0 Å². The second kappa shape index (κ2) is 8.66. The highest BCUT2D eigenvalue weighted by Gasteiger charge is 2.10. The van der Waals surface area contributed by atoms with Gasteiger partial charge in [0, 0.05) is 13.7 Å². The SMILES string of the molecule is COCCNC(=O)C(C)NCCc1ccccc1. The van der Waals surface area contributed by atoms with Crippen LogP contribution < -0.4 is 10.6 Å². The summed E-state index contributed by atoms with van der Waals surface area (Å²) in [5.74, 6) is 0.0140. The lowest BCUT2D eigenvalue weighted by Gasteiger charge is -2.13. The third kappa shape index (κ3) is 5.80. The summed E-state index contributed by atoms with van der Waals surface area (Å²) in [5.41, 5.74) is 1.27. The molecule has 1 amide bonds. The van der Waals surface area contributed by atoms with Crippen LogP contribution in [0.15, 0.2) is 30.3 Å². The second-order valence-electron chi connectivity index (χ2n) is 4.20. The monoisotopic (exact) mass is 250 g/mol. The van der Waals surface area contributed by atoms with Crippen molar-refractivity contribution in [2.24, 2.45) is 0 Å². The van der Waals surface area contributed by atoms with Crippen molar-refractivity contribution in [2.75, 3.05) is 26.8 Å². The second-order valence-corrected chi connectivity index (χ2v) is 4.20. The quantitative estimate of drug-likeness (QED) is 0.676. The molecule has 1 aromatic rings. The van der Waals surface area contributed by atoms with E-state index in [-0.39, 0.29) is 11.9 Å². The molecule has 1 unspecified atom stereocenters. The van der Waals surface area contributed by atoms with Gasteiger partial charge >= 0.3 is 0 Å². The summed E-state index contributed by atoms with van der Waals surface area (Å²) in [4.78, 5) is 11.6. The van der Waals surface area contributed by atoms with Crippen LogP contribution in [-0.2, 0) is 16.0 Å². The molecule has 1 aromatic carbocycles. The lowest BCUT2D eigenvalue weighted by atomic mass is 10.1. The number of benzene rings is 1. The average molecular weight is 250 g/mol. The molecule has 18 heavy (non-hydrogen) atoms. The number of rotatable bonds is 8. The van der Waals surface area contributed by atoms with Crippen molar-refractivity contribution < 1.29 is 9.53 Å². The van der Waals surface area contributed by atoms with Crippen molar-refractivity contribution >= 4 is 5.91 Å². The summed E-state index contributed by atoms with van der Waals surface area (Å²) in [6.45, 7) is 3.76. The van der Waals surface area contributed by atoms with Gasteiger partial charge in [-0.1, -0.05) is 30.3 Å². The van der Waals surface area contributed by atoms with E-state index in [4.69, 9.17) is 4.74 Å². The van der Waals surface area contributed by atoms with E-state index >= 15 is 0 Å². The molecule has 4 heteroatoms. The summed E-state index contributed by atoms with van der Waals surface area (Å²) in [5, 5.41) is 6.01. The van der Waals surface area contributed by atoms with Gasteiger partial charge in [-0.05, 0) is 25.5 Å². The molecule has 100 valence electrons. The van der Waals surface area contributed by atoms with Crippen molar-refractivity contribution in [3.63, 3.8) is 0 Å². The number of amides is 1. The molecule has 4 nitrogen and oxygen atoms in total. The van der Waals surface area contributed by atoms with E-state index in [0.717, 1.165) is 13.0 Å². The van der Waals surface area contributed by atoms with Crippen molar-refractivity contribution in [1.29, 1.82) is 0 Å². The third-order valence-electron chi connectivity index (χ3n) is 2.71. The van der Waals surface area contributed by atoms with Crippen LogP contribution in [0.1, 0.15) is 12.5 Å². The zero-order valence-corrected chi connectivity index (χ0v) is 11.1. The molecule has 0 saturated heterocycles. The predicted octanol–water partition coefficient (Wildman–Crippen LogP) is 0.970. The minimum atomic E-state index is -0.175. The van der Waals surface area contributed by atoms with Crippen molar-refractivity contribution in [2.45, 2.75) is 19.4 Å². The highest BCUT2D eigenvalue weighted by Crippen LogP contribution is 1.98. The Morgan fingerprint density at radius 3 is 2.67 bits per heavy atom. The minimum absolute atomic E-state index is 0.0140. The molecule has 0 heterocycles. The number of nitrogens with one attached hydrogen (secondary N) is 2. The van der Waals surface area contributed by atoms with Gasteiger partial charge in [0.15, 0.2) is 0 Å². The Bertz CT molecular complexity index is 341. The van der Waals surface area contributed by atoms with E-state index in [1.165, 1.54) is 5.56 Å². The Morgan fingerprint density at radius 1 is 1.28 bits per heavy atom. The highest BCUT2D eigenvalue weighted by molar-refractivity contribution is 5.81. The molecule has 0 bridgehead atoms.